The molecule has 5 aliphatic rings. The lowest BCUT2D eigenvalue weighted by Crippen LogP contribution is -2.52. The molecular formula is C41H50FN5O4. The van der Waals surface area contributed by atoms with E-state index in [1.165, 1.54) is 5.56 Å². The summed E-state index contributed by atoms with van der Waals surface area (Å²) in [6, 6.07) is 14.0. The first kappa shape index (κ1) is 35.0. The number of aromatic nitrogens is 2. The van der Waals surface area contributed by atoms with E-state index in [0.29, 0.717) is 44.3 Å². The van der Waals surface area contributed by atoms with E-state index in [0.717, 1.165) is 61.0 Å². The number of nitrogens with zero attached hydrogens (tertiary/aromatic N) is 4. The van der Waals surface area contributed by atoms with Gasteiger partial charge in [0.1, 0.15) is 17.7 Å². The van der Waals surface area contributed by atoms with Gasteiger partial charge in [-0.3, -0.25) is 9.48 Å². The van der Waals surface area contributed by atoms with Crippen LogP contribution >= 0.6 is 0 Å². The van der Waals surface area contributed by atoms with Crippen molar-refractivity contribution in [3.8, 4) is 22.9 Å². The van der Waals surface area contributed by atoms with Crippen LogP contribution in [0.15, 0.2) is 48.8 Å². The second kappa shape index (κ2) is 14.0. The molecule has 8 rings (SSSR count). The zero-order valence-electron chi connectivity index (χ0n) is 30.3. The largest absolute Gasteiger partial charge is 0.496 e. The first-order valence-corrected chi connectivity index (χ1v) is 18.7. The number of carbonyl (C=O) groups is 2. The summed E-state index contributed by atoms with van der Waals surface area (Å²) >= 11 is 0. The second-order valence-electron chi connectivity index (χ2n) is 15.9. The van der Waals surface area contributed by atoms with Crippen molar-refractivity contribution in [2.45, 2.75) is 109 Å². The second-order valence-corrected chi connectivity index (χ2v) is 15.9. The molecule has 51 heavy (non-hydrogen) atoms. The molecule has 10 heteroatoms. The fourth-order valence-electron chi connectivity index (χ4n) is 9.21. The van der Waals surface area contributed by atoms with Crippen molar-refractivity contribution in [2.24, 2.45) is 17.3 Å². The van der Waals surface area contributed by atoms with E-state index in [4.69, 9.17) is 14.7 Å². The van der Waals surface area contributed by atoms with Crippen LogP contribution in [0.2, 0.25) is 0 Å². The number of amides is 2. The molecule has 2 heterocycles. The van der Waals surface area contributed by atoms with Gasteiger partial charge in [0.25, 0.3) is 0 Å². The maximum atomic E-state index is 15.5. The predicted octanol–water partition coefficient (Wildman–Crippen LogP) is 8.19. The van der Waals surface area contributed by atoms with E-state index < -0.39 is 0 Å². The average molecular weight is 696 g/mol. The van der Waals surface area contributed by atoms with Crippen LogP contribution < -0.4 is 10.1 Å². The number of nitrogens with one attached hydrogen (secondary N) is 1. The Labute approximate surface area is 300 Å². The van der Waals surface area contributed by atoms with E-state index in [1.54, 1.807) is 24.3 Å². The summed E-state index contributed by atoms with van der Waals surface area (Å²) in [6.45, 7) is 7.03. The molecule has 4 saturated carbocycles. The monoisotopic (exact) mass is 695 g/mol. The predicted molar refractivity (Wildman–Crippen MR) is 191 cm³/mol. The molecule has 4 aliphatic carbocycles. The van der Waals surface area contributed by atoms with E-state index in [-0.39, 0.29) is 58.7 Å². The van der Waals surface area contributed by atoms with Crippen molar-refractivity contribution in [1.29, 1.82) is 5.26 Å². The minimum absolute atomic E-state index is 0.0189. The first-order valence-electron chi connectivity index (χ1n) is 18.7. The molecule has 2 aromatic carbocycles. The van der Waals surface area contributed by atoms with E-state index in [2.05, 4.69) is 41.6 Å². The Morgan fingerprint density at radius 1 is 1.02 bits per heavy atom. The number of methoxy groups -OCH3 is 1. The zero-order chi connectivity index (χ0) is 35.9. The number of ether oxygens (including phenoxy) is 2. The van der Waals surface area contributed by atoms with Crippen molar-refractivity contribution in [3.63, 3.8) is 0 Å². The summed E-state index contributed by atoms with van der Waals surface area (Å²) in [5.41, 5.74) is 4.62. The van der Waals surface area contributed by atoms with Gasteiger partial charge in [0.05, 0.1) is 31.3 Å². The third-order valence-corrected chi connectivity index (χ3v) is 12.6. The lowest BCUT2D eigenvalue weighted by Gasteiger charge is -2.57. The Bertz CT molecular complexity index is 1790. The third kappa shape index (κ3) is 6.72. The normalized spacial score (nSPS) is 26.6. The Morgan fingerprint density at radius 3 is 2.33 bits per heavy atom. The number of rotatable bonds is 9. The van der Waals surface area contributed by atoms with Crippen LogP contribution in [0.1, 0.15) is 107 Å². The van der Waals surface area contributed by atoms with Gasteiger partial charge in [-0.25, -0.2) is 9.18 Å². The molecule has 270 valence electrons. The van der Waals surface area contributed by atoms with Gasteiger partial charge < -0.3 is 19.7 Å². The van der Waals surface area contributed by atoms with Crippen molar-refractivity contribution in [3.05, 3.63) is 71.3 Å². The number of aryl methyl sites for hydroxylation is 1. The number of halogens is 1. The third-order valence-electron chi connectivity index (χ3n) is 12.6. The molecule has 3 aromatic rings. The van der Waals surface area contributed by atoms with Crippen LogP contribution in [0.4, 0.5) is 9.18 Å². The van der Waals surface area contributed by atoms with Gasteiger partial charge in [-0.15, -0.1) is 0 Å². The van der Waals surface area contributed by atoms with Gasteiger partial charge >= 0.3 is 6.09 Å². The van der Waals surface area contributed by atoms with Gasteiger partial charge in [-0.05, 0) is 131 Å². The van der Waals surface area contributed by atoms with Crippen LogP contribution in [0.5, 0.6) is 5.75 Å². The molecule has 9 nitrogen and oxygen atoms in total. The van der Waals surface area contributed by atoms with Crippen LogP contribution in [-0.2, 0) is 14.9 Å². The molecule has 1 N–H and O–H groups in total. The van der Waals surface area contributed by atoms with Crippen LogP contribution in [0, 0.1) is 41.3 Å². The number of hydrogen-bond donors (Lipinski definition) is 1. The highest BCUT2D eigenvalue weighted by Gasteiger charge is 2.53. The van der Waals surface area contributed by atoms with Crippen molar-refractivity contribution < 1.29 is 23.5 Å². The minimum atomic E-state index is -0.366. The molecule has 5 fully saturated rings. The van der Waals surface area contributed by atoms with Crippen molar-refractivity contribution in [1.82, 2.24) is 20.0 Å². The summed E-state index contributed by atoms with van der Waals surface area (Å²) in [6.07, 6.45) is 11.5. The maximum Gasteiger partial charge on any atom is 0.410 e. The fraction of sp³-hybridized carbons (Fsp3) is 0.561. The quantitative estimate of drug-likeness (QED) is 0.242. The van der Waals surface area contributed by atoms with Crippen molar-refractivity contribution >= 4 is 12.0 Å². The SMILES string of the molecule is COc1ccc(C23CCC(C(NC(=O)C4CCC(OC(=O)N5CC(C#N)C5)CC4)c4ccc(F)c(-c5cnn(C(C)C)c5)c4)(CC2)CC3)cc1C. The lowest BCUT2D eigenvalue weighted by molar-refractivity contribution is -0.129. The summed E-state index contributed by atoms with van der Waals surface area (Å²) < 4.78 is 28.6. The van der Waals surface area contributed by atoms with Crippen LogP contribution in [0.3, 0.4) is 0 Å². The van der Waals surface area contributed by atoms with Crippen LogP contribution in [-0.4, -0.2) is 53.0 Å². The van der Waals surface area contributed by atoms with Gasteiger partial charge in [0, 0.05) is 42.4 Å². The lowest BCUT2D eigenvalue weighted by atomic mass is 9.49. The number of benzene rings is 2. The Morgan fingerprint density at radius 2 is 1.73 bits per heavy atom. The number of hydrogen-bond acceptors (Lipinski definition) is 6. The number of nitriles is 1. The molecule has 0 radical (unpaired) electrons. The molecule has 1 saturated heterocycles. The topological polar surface area (TPSA) is 109 Å². The first-order chi connectivity index (χ1) is 24.5. The van der Waals surface area contributed by atoms with E-state index in [1.807, 2.05) is 36.9 Å². The maximum absolute atomic E-state index is 15.5. The zero-order valence-corrected chi connectivity index (χ0v) is 30.3. The van der Waals surface area contributed by atoms with Gasteiger partial charge in [-0.1, -0.05) is 18.2 Å². The molecule has 1 unspecified atom stereocenters. The molecule has 0 spiro atoms. The smallest absolute Gasteiger partial charge is 0.410 e. The minimum Gasteiger partial charge on any atom is -0.496 e. The Kier molecular flexibility index (Phi) is 9.59. The molecule has 1 aromatic heterocycles. The summed E-state index contributed by atoms with van der Waals surface area (Å²) in [7, 11) is 1.71. The molecule has 2 bridgehead atoms. The number of fused-ring (bicyclic) bond motifs is 3. The standard InChI is InChI=1S/C41H50FN5O4/c1-26(2)47-25-31(22-44-47)34-20-30(7-11-35(34)42)37(41-16-13-40(14-17-41,15-18-41)32-8-12-36(50-4)27(3)19-32)45-38(48)29-5-9-33(10-6-29)51-39(49)46-23-28(21-43)24-46/h7-8,11-12,19-20,22,25-26,28-29,33,37H,5-6,9-10,13-18,23-24H2,1-4H3,(H,45,48). The highest BCUT2D eigenvalue weighted by atomic mass is 19.1. The molecule has 1 aliphatic heterocycles. The van der Waals surface area contributed by atoms with Crippen LogP contribution in [0.25, 0.3) is 11.1 Å². The summed E-state index contributed by atoms with van der Waals surface area (Å²) in [5.74, 6) is 0.312. The average Bonchev–Trinajstić information content (AvgIpc) is 3.62. The number of likely N-dealkylation sites (tertiary alicyclic amines) is 1. The Balaban J connectivity index is 1.11. The van der Waals surface area contributed by atoms with Gasteiger partial charge in [0.15, 0.2) is 0 Å². The fourth-order valence-corrected chi connectivity index (χ4v) is 9.21. The summed E-state index contributed by atoms with van der Waals surface area (Å²) in [4.78, 5) is 28.3. The van der Waals surface area contributed by atoms with E-state index in [9.17, 15) is 9.59 Å². The molecule has 2 amide bonds. The van der Waals surface area contributed by atoms with Gasteiger partial charge in [0.2, 0.25) is 5.91 Å². The highest BCUT2D eigenvalue weighted by molar-refractivity contribution is 5.79. The Hall–Kier alpha value is -4.39. The number of carbonyl (C=O) groups excluding carboxylic acids is 2. The molecular weight excluding hydrogens is 645 g/mol. The van der Waals surface area contributed by atoms with E-state index >= 15 is 4.39 Å². The summed E-state index contributed by atoms with van der Waals surface area (Å²) in [5, 5.41) is 17.0. The molecule has 1 atom stereocenters. The highest BCUT2D eigenvalue weighted by Crippen LogP contribution is 2.62. The van der Waals surface area contributed by atoms with Gasteiger partial charge in [-0.2, -0.15) is 10.4 Å². The van der Waals surface area contributed by atoms with Crippen molar-refractivity contribution in [2.75, 3.05) is 20.2 Å².